The first-order valence-electron chi connectivity index (χ1n) is 4.79. The molecule has 0 aliphatic rings. The quantitative estimate of drug-likeness (QED) is 0.464. The Labute approximate surface area is 93.6 Å². The number of hydrogen-bond acceptors (Lipinski definition) is 4. The summed E-state index contributed by atoms with van der Waals surface area (Å²) in [7, 11) is 0. The predicted molar refractivity (Wildman–Crippen MR) is 62.4 cm³/mol. The van der Waals surface area contributed by atoms with Gasteiger partial charge in [0.2, 0.25) is 6.20 Å². The van der Waals surface area contributed by atoms with Gasteiger partial charge in [-0.1, -0.05) is 12.1 Å². The normalized spacial score (nSPS) is 11.7. The molecule has 0 atom stereocenters. The zero-order valence-corrected chi connectivity index (χ0v) is 9.18. The van der Waals surface area contributed by atoms with Crippen molar-refractivity contribution in [2.24, 2.45) is 0 Å². The van der Waals surface area contributed by atoms with Gasteiger partial charge in [0.25, 0.3) is 0 Å². The summed E-state index contributed by atoms with van der Waals surface area (Å²) in [4.78, 5) is 9.59. The fourth-order valence-electron chi connectivity index (χ4n) is 1.18. The number of hydrogen-bond donors (Lipinski definition) is 2. The van der Waals surface area contributed by atoms with Crippen molar-refractivity contribution in [3.8, 4) is 0 Å². The van der Waals surface area contributed by atoms with Gasteiger partial charge in [-0.25, -0.2) is 0 Å². The van der Waals surface area contributed by atoms with Gasteiger partial charge in [-0.2, -0.15) is 0 Å². The van der Waals surface area contributed by atoms with Gasteiger partial charge >= 0.3 is 0 Å². The Bertz CT molecular complexity index is 391. The molecule has 0 saturated heterocycles. The van der Waals surface area contributed by atoms with Crippen LogP contribution in [0, 0.1) is 10.1 Å². The molecule has 1 aromatic rings. The van der Waals surface area contributed by atoms with Crippen molar-refractivity contribution in [2.75, 3.05) is 5.32 Å². The van der Waals surface area contributed by atoms with E-state index in [4.69, 9.17) is 0 Å². The standard InChI is InChI=1S/C11H14N2O3/c1-11(2,14)12-10-5-3-9(4-6-10)7-8-13(15)16/h3-8,12,14H,1-2H3. The number of aliphatic hydroxyl groups is 1. The van der Waals surface area contributed by atoms with E-state index in [0.717, 1.165) is 17.5 Å². The van der Waals surface area contributed by atoms with Crippen LogP contribution < -0.4 is 5.32 Å². The van der Waals surface area contributed by atoms with E-state index >= 15 is 0 Å². The number of anilines is 1. The zero-order chi connectivity index (χ0) is 12.2. The number of nitro groups is 1. The first-order chi connectivity index (χ1) is 7.37. The average Bonchev–Trinajstić information content (AvgIpc) is 2.14. The largest absolute Gasteiger partial charge is 0.372 e. The Morgan fingerprint density at radius 1 is 1.38 bits per heavy atom. The van der Waals surface area contributed by atoms with Gasteiger partial charge in [0.1, 0.15) is 5.72 Å². The van der Waals surface area contributed by atoms with Gasteiger partial charge in [0, 0.05) is 11.8 Å². The zero-order valence-electron chi connectivity index (χ0n) is 9.18. The summed E-state index contributed by atoms with van der Waals surface area (Å²) in [5.74, 6) is 0. The summed E-state index contributed by atoms with van der Waals surface area (Å²) in [6, 6.07) is 6.96. The van der Waals surface area contributed by atoms with Crippen LogP contribution >= 0.6 is 0 Å². The monoisotopic (exact) mass is 222 g/mol. The fraction of sp³-hybridized carbons (Fsp3) is 0.273. The van der Waals surface area contributed by atoms with Gasteiger partial charge in [-0.15, -0.1) is 0 Å². The maximum absolute atomic E-state index is 10.1. The molecule has 0 heterocycles. The Hall–Kier alpha value is -1.88. The molecule has 0 unspecified atom stereocenters. The molecule has 16 heavy (non-hydrogen) atoms. The molecule has 86 valence electrons. The smallest absolute Gasteiger partial charge is 0.235 e. The van der Waals surface area contributed by atoms with Gasteiger partial charge in [-0.05, 0) is 31.5 Å². The van der Waals surface area contributed by atoms with Crippen LogP contribution in [0.4, 0.5) is 5.69 Å². The van der Waals surface area contributed by atoms with E-state index in [1.54, 1.807) is 38.1 Å². The predicted octanol–water partition coefficient (Wildman–Crippen LogP) is 2.07. The molecule has 0 radical (unpaired) electrons. The molecular formula is C11H14N2O3. The third-order valence-electron chi connectivity index (χ3n) is 1.75. The van der Waals surface area contributed by atoms with Gasteiger partial charge in [0.05, 0.1) is 4.92 Å². The third-order valence-corrected chi connectivity index (χ3v) is 1.75. The van der Waals surface area contributed by atoms with Crippen molar-refractivity contribution >= 4 is 11.8 Å². The van der Waals surface area contributed by atoms with E-state index in [1.165, 1.54) is 6.08 Å². The van der Waals surface area contributed by atoms with Crippen LogP contribution in [-0.4, -0.2) is 15.8 Å². The maximum Gasteiger partial charge on any atom is 0.235 e. The lowest BCUT2D eigenvalue weighted by atomic mass is 10.2. The molecule has 1 aromatic carbocycles. The number of nitrogens with zero attached hydrogens (tertiary/aromatic N) is 1. The summed E-state index contributed by atoms with van der Waals surface area (Å²) in [6.07, 6.45) is 2.30. The molecule has 0 aromatic heterocycles. The molecule has 5 nitrogen and oxygen atoms in total. The second-order valence-corrected chi connectivity index (χ2v) is 3.91. The molecule has 0 fully saturated rings. The summed E-state index contributed by atoms with van der Waals surface area (Å²) in [5.41, 5.74) is 0.502. The molecule has 1 rings (SSSR count). The van der Waals surface area contributed by atoms with Crippen LogP contribution in [-0.2, 0) is 0 Å². The molecule has 0 spiro atoms. The lowest BCUT2D eigenvalue weighted by Gasteiger charge is -2.20. The first-order valence-corrected chi connectivity index (χ1v) is 4.79. The summed E-state index contributed by atoms with van der Waals surface area (Å²) >= 11 is 0. The van der Waals surface area contributed by atoms with Gasteiger partial charge in [0.15, 0.2) is 0 Å². The van der Waals surface area contributed by atoms with E-state index in [1.807, 2.05) is 0 Å². The third kappa shape index (κ3) is 4.56. The summed E-state index contributed by atoms with van der Waals surface area (Å²) in [6.45, 7) is 3.26. The highest BCUT2D eigenvalue weighted by Gasteiger charge is 2.10. The van der Waals surface area contributed by atoms with Crippen LogP contribution in [0.5, 0.6) is 0 Å². The summed E-state index contributed by atoms with van der Waals surface area (Å²) in [5, 5.41) is 22.5. The highest BCUT2D eigenvalue weighted by atomic mass is 16.6. The minimum absolute atomic E-state index is 0.511. The van der Waals surface area contributed by atoms with E-state index in [9.17, 15) is 15.2 Å². The topological polar surface area (TPSA) is 75.4 Å². The Morgan fingerprint density at radius 3 is 2.38 bits per heavy atom. The van der Waals surface area contributed by atoms with Crippen molar-refractivity contribution in [3.63, 3.8) is 0 Å². The van der Waals surface area contributed by atoms with E-state index < -0.39 is 10.6 Å². The Kier molecular flexibility index (Phi) is 3.63. The lowest BCUT2D eigenvalue weighted by Crippen LogP contribution is -2.29. The van der Waals surface area contributed by atoms with Crippen LogP contribution in [0.15, 0.2) is 30.5 Å². The molecule has 0 aliphatic carbocycles. The highest BCUT2D eigenvalue weighted by Crippen LogP contribution is 2.14. The molecule has 0 amide bonds. The lowest BCUT2D eigenvalue weighted by molar-refractivity contribution is -0.400. The maximum atomic E-state index is 10.1. The minimum atomic E-state index is -0.988. The van der Waals surface area contributed by atoms with Crippen molar-refractivity contribution in [1.82, 2.24) is 0 Å². The molecule has 0 saturated carbocycles. The van der Waals surface area contributed by atoms with Crippen molar-refractivity contribution in [3.05, 3.63) is 46.1 Å². The van der Waals surface area contributed by atoms with Crippen molar-refractivity contribution < 1.29 is 10.0 Å². The number of benzene rings is 1. The first kappa shape index (κ1) is 12.2. The SMILES string of the molecule is CC(C)(O)Nc1ccc(C=C[N+](=O)[O-])cc1. The molecule has 5 heteroatoms. The Balaban J connectivity index is 2.72. The highest BCUT2D eigenvalue weighted by molar-refractivity contribution is 5.54. The van der Waals surface area contributed by atoms with Crippen molar-refractivity contribution in [1.29, 1.82) is 0 Å². The number of rotatable bonds is 4. The molecule has 0 bridgehead atoms. The molecular weight excluding hydrogens is 208 g/mol. The second-order valence-electron chi connectivity index (χ2n) is 3.91. The Morgan fingerprint density at radius 2 is 1.94 bits per heavy atom. The van der Waals surface area contributed by atoms with Crippen LogP contribution in [0.2, 0.25) is 0 Å². The van der Waals surface area contributed by atoms with Crippen LogP contribution in [0.1, 0.15) is 19.4 Å². The van der Waals surface area contributed by atoms with Crippen LogP contribution in [0.25, 0.3) is 6.08 Å². The number of nitrogens with one attached hydrogen (secondary N) is 1. The second kappa shape index (κ2) is 4.76. The molecule has 0 aliphatic heterocycles. The van der Waals surface area contributed by atoms with E-state index in [0.29, 0.717) is 0 Å². The molecule has 2 N–H and O–H groups in total. The fourth-order valence-corrected chi connectivity index (χ4v) is 1.18. The van der Waals surface area contributed by atoms with E-state index in [2.05, 4.69) is 5.32 Å². The van der Waals surface area contributed by atoms with E-state index in [-0.39, 0.29) is 0 Å². The van der Waals surface area contributed by atoms with Crippen molar-refractivity contribution in [2.45, 2.75) is 19.6 Å². The minimum Gasteiger partial charge on any atom is -0.372 e. The average molecular weight is 222 g/mol. The summed E-state index contributed by atoms with van der Waals surface area (Å²) < 4.78 is 0. The van der Waals surface area contributed by atoms with Crippen LogP contribution in [0.3, 0.4) is 0 Å². The van der Waals surface area contributed by atoms with Gasteiger partial charge in [-0.3, -0.25) is 10.1 Å². The van der Waals surface area contributed by atoms with Gasteiger partial charge < -0.3 is 10.4 Å².